The number of rotatable bonds is 1. The molecule has 5 heteroatoms. The molecule has 0 spiro atoms. The zero-order valence-corrected chi connectivity index (χ0v) is 9.98. The number of carbonyl (C=O) groups is 2. The van der Waals surface area contributed by atoms with Gasteiger partial charge in [0.25, 0.3) is 0 Å². The largest absolute Gasteiger partial charge is 0.389 e. The first-order chi connectivity index (χ1) is 7.54. The average Bonchev–Trinajstić information content (AvgIpc) is 2.10. The molecule has 2 aliphatic rings. The Kier molecular flexibility index (Phi) is 4.73. The molecule has 0 aromatic rings. The van der Waals surface area contributed by atoms with Gasteiger partial charge in [0, 0.05) is 39.5 Å². The van der Waals surface area contributed by atoms with Gasteiger partial charge < -0.3 is 14.9 Å². The molecule has 2 heterocycles. The van der Waals surface area contributed by atoms with Crippen LogP contribution >= 0.6 is 0 Å². The van der Waals surface area contributed by atoms with Crippen LogP contribution < -0.4 is 0 Å². The first-order valence-electron chi connectivity index (χ1n) is 5.76. The predicted octanol–water partition coefficient (Wildman–Crippen LogP) is -0.162. The lowest BCUT2D eigenvalue weighted by atomic mass is 10.2. The van der Waals surface area contributed by atoms with Crippen molar-refractivity contribution in [3.8, 4) is 0 Å². The maximum Gasteiger partial charge on any atom is 0.222 e. The molecule has 2 aliphatic heterocycles. The lowest BCUT2D eigenvalue weighted by Gasteiger charge is -2.34. The van der Waals surface area contributed by atoms with E-state index in [0.717, 1.165) is 13.1 Å². The fraction of sp³-hybridized carbons (Fsp3) is 0.818. The minimum Gasteiger partial charge on any atom is -0.389 e. The fourth-order valence-corrected chi connectivity index (χ4v) is 1.50. The van der Waals surface area contributed by atoms with Gasteiger partial charge in [0.15, 0.2) is 0 Å². The lowest BCUT2D eigenvalue weighted by Crippen LogP contribution is -2.52. The van der Waals surface area contributed by atoms with Crippen LogP contribution in [0.5, 0.6) is 0 Å². The second-order valence-electron chi connectivity index (χ2n) is 4.17. The zero-order chi connectivity index (χ0) is 12.1. The summed E-state index contributed by atoms with van der Waals surface area (Å²) in [5.41, 5.74) is 0. The number of hydrogen-bond donors (Lipinski definition) is 1. The highest BCUT2D eigenvalue weighted by molar-refractivity contribution is 5.76. The monoisotopic (exact) mass is 228 g/mol. The molecule has 16 heavy (non-hydrogen) atoms. The van der Waals surface area contributed by atoms with E-state index in [9.17, 15) is 9.59 Å². The number of carbonyl (C=O) groups excluding carboxylic acids is 2. The Morgan fingerprint density at radius 1 is 1.25 bits per heavy atom. The number of β-amino-alcohol motifs (C(OH)–C–C–N with tert-alkyl or cyclic N) is 1. The molecule has 0 aromatic carbocycles. The standard InChI is InChI=1S/C6H11NO.C5H9NO2/c1-2-6(8)7-4-3-5-7;1-4(7)6-2-5(8)3-6/h2-5H2,1H3;5,8H,2-3H2,1H3. The summed E-state index contributed by atoms with van der Waals surface area (Å²) in [6, 6.07) is 0. The summed E-state index contributed by atoms with van der Waals surface area (Å²) >= 11 is 0. The molecule has 92 valence electrons. The second kappa shape index (κ2) is 5.84. The molecule has 2 fully saturated rings. The average molecular weight is 228 g/mol. The van der Waals surface area contributed by atoms with Gasteiger partial charge in [-0.15, -0.1) is 0 Å². The highest BCUT2D eigenvalue weighted by Crippen LogP contribution is 2.06. The summed E-state index contributed by atoms with van der Waals surface area (Å²) < 4.78 is 0. The molecule has 0 aliphatic carbocycles. The molecule has 0 saturated carbocycles. The maximum atomic E-state index is 10.7. The molecule has 0 atom stereocenters. The van der Waals surface area contributed by atoms with Crippen LogP contribution in [0, 0.1) is 0 Å². The number of aliphatic hydroxyl groups is 1. The van der Waals surface area contributed by atoms with Crippen molar-refractivity contribution in [3.63, 3.8) is 0 Å². The van der Waals surface area contributed by atoms with E-state index in [0.29, 0.717) is 25.4 Å². The van der Waals surface area contributed by atoms with Gasteiger partial charge in [-0.2, -0.15) is 0 Å². The second-order valence-corrected chi connectivity index (χ2v) is 4.17. The van der Waals surface area contributed by atoms with Gasteiger partial charge in [0.05, 0.1) is 6.10 Å². The van der Waals surface area contributed by atoms with E-state index in [1.165, 1.54) is 13.3 Å². The predicted molar refractivity (Wildman–Crippen MR) is 59.7 cm³/mol. The van der Waals surface area contributed by atoms with E-state index < -0.39 is 0 Å². The summed E-state index contributed by atoms with van der Waals surface area (Å²) in [6.45, 7) is 6.44. The third kappa shape index (κ3) is 3.48. The summed E-state index contributed by atoms with van der Waals surface area (Å²) in [7, 11) is 0. The number of aliphatic hydroxyl groups excluding tert-OH is 1. The van der Waals surface area contributed by atoms with Crippen molar-refractivity contribution < 1.29 is 14.7 Å². The van der Waals surface area contributed by atoms with Crippen LogP contribution in [0.1, 0.15) is 26.7 Å². The molecule has 0 bridgehead atoms. The van der Waals surface area contributed by atoms with Gasteiger partial charge in [-0.05, 0) is 6.42 Å². The highest BCUT2D eigenvalue weighted by atomic mass is 16.3. The van der Waals surface area contributed by atoms with Crippen molar-refractivity contribution in [1.82, 2.24) is 9.80 Å². The molecule has 2 saturated heterocycles. The smallest absolute Gasteiger partial charge is 0.222 e. The first kappa shape index (κ1) is 13.0. The Morgan fingerprint density at radius 2 is 1.81 bits per heavy atom. The minimum absolute atomic E-state index is 0.0512. The first-order valence-corrected chi connectivity index (χ1v) is 5.76. The van der Waals surface area contributed by atoms with Crippen LogP contribution in [0.25, 0.3) is 0 Å². The van der Waals surface area contributed by atoms with Gasteiger partial charge in [-0.3, -0.25) is 9.59 Å². The van der Waals surface area contributed by atoms with Crippen LogP contribution in [0.4, 0.5) is 0 Å². The summed E-state index contributed by atoms with van der Waals surface area (Å²) in [4.78, 5) is 24.6. The molecule has 0 radical (unpaired) electrons. The Hall–Kier alpha value is -1.10. The van der Waals surface area contributed by atoms with Crippen molar-refractivity contribution in [2.45, 2.75) is 32.8 Å². The third-order valence-electron chi connectivity index (χ3n) is 2.82. The number of hydrogen-bond acceptors (Lipinski definition) is 3. The third-order valence-corrected chi connectivity index (χ3v) is 2.82. The van der Waals surface area contributed by atoms with E-state index in [2.05, 4.69) is 0 Å². The van der Waals surface area contributed by atoms with Gasteiger partial charge >= 0.3 is 0 Å². The van der Waals surface area contributed by atoms with Gasteiger partial charge in [-0.25, -0.2) is 0 Å². The summed E-state index contributed by atoms with van der Waals surface area (Å²) in [5.74, 6) is 0.353. The normalized spacial score (nSPS) is 19.2. The Balaban J connectivity index is 0.000000160. The van der Waals surface area contributed by atoms with E-state index in [1.54, 1.807) is 4.90 Å². The van der Waals surface area contributed by atoms with Gasteiger partial charge in [0.2, 0.25) is 11.8 Å². The van der Waals surface area contributed by atoms with E-state index in [-0.39, 0.29) is 12.0 Å². The van der Waals surface area contributed by atoms with E-state index in [1.807, 2.05) is 11.8 Å². The Labute approximate surface area is 96.0 Å². The Morgan fingerprint density at radius 3 is 1.94 bits per heavy atom. The summed E-state index contributed by atoms with van der Waals surface area (Å²) in [6.07, 6.45) is 1.60. The fourth-order valence-electron chi connectivity index (χ4n) is 1.50. The van der Waals surface area contributed by atoms with Crippen molar-refractivity contribution >= 4 is 11.8 Å². The maximum absolute atomic E-state index is 10.7. The van der Waals surface area contributed by atoms with Crippen LogP contribution in [0.2, 0.25) is 0 Å². The zero-order valence-electron chi connectivity index (χ0n) is 9.98. The molecule has 1 N–H and O–H groups in total. The molecular weight excluding hydrogens is 208 g/mol. The molecule has 2 amide bonds. The number of amides is 2. The molecule has 5 nitrogen and oxygen atoms in total. The quantitative estimate of drug-likeness (QED) is 0.678. The SMILES string of the molecule is CC(=O)N1CC(O)C1.CCC(=O)N1CCC1. The highest BCUT2D eigenvalue weighted by Gasteiger charge is 2.25. The van der Waals surface area contributed by atoms with Crippen molar-refractivity contribution in [3.05, 3.63) is 0 Å². The van der Waals surface area contributed by atoms with E-state index in [4.69, 9.17) is 5.11 Å². The Bertz CT molecular complexity index is 258. The van der Waals surface area contributed by atoms with Crippen LogP contribution in [-0.4, -0.2) is 59.0 Å². The van der Waals surface area contributed by atoms with E-state index >= 15 is 0 Å². The van der Waals surface area contributed by atoms with Gasteiger partial charge in [-0.1, -0.05) is 6.92 Å². The van der Waals surface area contributed by atoms with Gasteiger partial charge in [0.1, 0.15) is 0 Å². The molecular formula is C11H20N2O3. The summed E-state index contributed by atoms with van der Waals surface area (Å²) in [5, 5.41) is 8.67. The van der Waals surface area contributed by atoms with Crippen LogP contribution in [0.3, 0.4) is 0 Å². The van der Waals surface area contributed by atoms with Crippen molar-refractivity contribution in [2.75, 3.05) is 26.2 Å². The molecule has 0 unspecified atom stereocenters. The number of nitrogens with zero attached hydrogens (tertiary/aromatic N) is 2. The number of likely N-dealkylation sites (tertiary alicyclic amines) is 2. The van der Waals surface area contributed by atoms with Crippen molar-refractivity contribution in [1.29, 1.82) is 0 Å². The molecule has 0 aromatic heterocycles. The van der Waals surface area contributed by atoms with Crippen molar-refractivity contribution in [2.24, 2.45) is 0 Å². The topological polar surface area (TPSA) is 60.9 Å². The molecule has 2 rings (SSSR count). The lowest BCUT2D eigenvalue weighted by molar-refractivity contribution is -0.138. The van der Waals surface area contributed by atoms with Crippen LogP contribution in [-0.2, 0) is 9.59 Å². The minimum atomic E-state index is -0.265. The van der Waals surface area contributed by atoms with Crippen LogP contribution in [0.15, 0.2) is 0 Å².